The van der Waals surface area contributed by atoms with E-state index in [4.69, 9.17) is 11.6 Å². The number of amides is 1. The molecule has 2 aromatic carbocycles. The summed E-state index contributed by atoms with van der Waals surface area (Å²) in [5, 5.41) is 3.86. The number of carbonyl (C=O) groups is 1. The van der Waals surface area contributed by atoms with Crippen molar-refractivity contribution in [1.29, 1.82) is 0 Å². The molecule has 1 amide bonds. The summed E-state index contributed by atoms with van der Waals surface area (Å²) in [7, 11) is 0. The average molecular weight is 341 g/mol. The molecule has 0 radical (unpaired) electrons. The molecule has 24 heavy (non-hydrogen) atoms. The molecule has 4 heteroatoms. The fourth-order valence-electron chi connectivity index (χ4n) is 4.00. The van der Waals surface area contributed by atoms with E-state index in [2.05, 4.69) is 10.2 Å². The zero-order chi connectivity index (χ0) is 16.6. The fraction of sp³-hybridized carbons (Fsp3) is 0.350. The van der Waals surface area contributed by atoms with E-state index in [1.807, 2.05) is 48.5 Å². The topological polar surface area (TPSA) is 32.3 Å². The summed E-state index contributed by atoms with van der Waals surface area (Å²) in [6.07, 6.45) is 2.40. The van der Waals surface area contributed by atoms with E-state index in [1.165, 1.54) is 25.9 Å². The van der Waals surface area contributed by atoms with Gasteiger partial charge in [0.1, 0.15) is 0 Å². The summed E-state index contributed by atoms with van der Waals surface area (Å²) in [6, 6.07) is 15.4. The molecule has 3 nitrogen and oxygen atoms in total. The number of benzene rings is 2. The minimum Gasteiger partial charge on any atom is -0.351 e. The first-order valence-electron chi connectivity index (χ1n) is 8.51. The van der Waals surface area contributed by atoms with Crippen LogP contribution in [-0.4, -0.2) is 37.0 Å². The molecule has 124 valence electrons. The first-order valence-corrected chi connectivity index (χ1v) is 8.89. The van der Waals surface area contributed by atoms with Gasteiger partial charge in [0.15, 0.2) is 0 Å². The quantitative estimate of drug-likeness (QED) is 0.917. The Labute approximate surface area is 147 Å². The molecule has 0 aliphatic carbocycles. The molecule has 2 fully saturated rings. The van der Waals surface area contributed by atoms with Crippen molar-refractivity contribution in [3.63, 3.8) is 0 Å². The van der Waals surface area contributed by atoms with Gasteiger partial charge in [-0.05, 0) is 55.3 Å². The first kappa shape index (κ1) is 15.7. The average Bonchev–Trinajstić information content (AvgIpc) is 3.21. The molecule has 0 unspecified atom stereocenters. The molecular weight excluding hydrogens is 320 g/mol. The maximum atomic E-state index is 12.8. The van der Waals surface area contributed by atoms with Crippen LogP contribution in [0.25, 0.3) is 11.1 Å². The van der Waals surface area contributed by atoms with Crippen LogP contribution in [0.3, 0.4) is 0 Å². The van der Waals surface area contributed by atoms with Crippen molar-refractivity contribution in [3.05, 3.63) is 59.1 Å². The number of piperidine rings is 1. The lowest BCUT2D eigenvalue weighted by molar-refractivity contribution is 0.0935. The predicted octanol–water partition coefficient (Wildman–Crippen LogP) is 3.83. The lowest BCUT2D eigenvalue weighted by Gasteiger charge is -2.25. The summed E-state index contributed by atoms with van der Waals surface area (Å²) in [4.78, 5) is 15.3. The van der Waals surface area contributed by atoms with E-state index in [-0.39, 0.29) is 5.91 Å². The van der Waals surface area contributed by atoms with Gasteiger partial charge in [-0.15, -0.1) is 0 Å². The van der Waals surface area contributed by atoms with Crippen LogP contribution in [0.15, 0.2) is 48.5 Å². The van der Waals surface area contributed by atoms with Gasteiger partial charge in [-0.3, -0.25) is 4.79 Å². The Kier molecular flexibility index (Phi) is 4.07. The van der Waals surface area contributed by atoms with Crippen LogP contribution in [0.5, 0.6) is 0 Å². The fourth-order valence-corrected chi connectivity index (χ4v) is 4.19. The zero-order valence-corrected chi connectivity index (χ0v) is 14.4. The van der Waals surface area contributed by atoms with Crippen LogP contribution in [-0.2, 0) is 0 Å². The second-order valence-corrected chi connectivity index (χ2v) is 7.45. The van der Waals surface area contributed by atoms with Gasteiger partial charge in [0.05, 0.1) is 0 Å². The van der Waals surface area contributed by atoms with Crippen molar-refractivity contribution in [2.45, 2.75) is 12.8 Å². The van der Waals surface area contributed by atoms with Crippen LogP contribution in [0.1, 0.15) is 23.2 Å². The standard InChI is InChI=1S/C20H21ClN2O/c21-16-5-3-4-15(12-16)17-6-1-2-7-18(17)19(24)22-13-20-8-10-23(14-20)11-9-20/h1-7,12H,8-11,13-14H2,(H,22,24). The SMILES string of the molecule is O=C(NCC12CCN(CC1)C2)c1ccccc1-c1cccc(Cl)c1. The highest BCUT2D eigenvalue weighted by Gasteiger charge is 2.43. The molecule has 4 rings (SSSR count). The molecule has 2 bridgehead atoms. The predicted molar refractivity (Wildman–Crippen MR) is 97.3 cm³/mol. The lowest BCUT2D eigenvalue weighted by atomic mass is 9.84. The van der Waals surface area contributed by atoms with Crippen molar-refractivity contribution < 1.29 is 4.79 Å². The second kappa shape index (κ2) is 6.23. The zero-order valence-electron chi connectivity index (χ0n) is 13.6. The van der Waals surface area contributed by atoms with Gasteiger partial charge in [0, 0.05) is 29.1 Å². The number of carbonyl (C=O) groups excluding carboxylic acids is 1. The minimum atomic E-state index is 0.00491. The summed E-state index contributed by atoms with van der Waals surface area (Å²) in [5.41, 5.74) is 2.90. The van der Waals surface area contributed by atoms with Crippen molar-refractivity contribution >= 4 is 17.5 Å². The third-order valence-electron chi connectivity index (χ3n) is 5.41. The van der Waals surface area contributed by atoms with Crippen LogP contribution < -0.4 is 5.32 Å². The van der Waals surface area contributed by atoms with E-state index in [0.717, 1.165) is 24.2 Å². The smallest absolute Gasteiger partial charge is 0.251 e. The van der Waals surface area contributed by atoms with Crippen molar-refractivity contribution in [2.75, 3.05) is 26.2 Å². The molecule has 0 spiro atoms. The number of fused-ring (bicyclic) bond motifs is 2. The van der Waals surface area contributed by atoms with Crippen LogP contribution in [0.2, 0.25) is 5.02 Å². The number of halogens is 1. The molecule has 2 saturated heterocycles. The van der Waals surface area contributed by atoms with Crippen molar-refractivity contribution in [3.8, 4) is 11.1 Å². The minimum absolute atomic E-state index is 0.00491. The van der Waals surface area contributed by atoms with E-state index in [0.29, 0.717) is 16.0 Å². The van der Waals surface area contributed by atoms with Gasteiger partial charge >= 0.3 is 0 Å². The van der Waals surface area contributed by atoms with E-state index in [1.54, 1.807) is 0 Å². The second-order valence-electron chi connectivity index (χ2n) is 7.01. The Hall–Kier alpha value is -1.84. The largest absolute Gasteiger partial charge is 0.351 e. The van der Waals surface area contributed by atoms with Crippen LogP contribution in [0, 0.1) is 5.41 Å². The molecule has 0 atom stereocenters. The summed E-state index contributed by atoms with van der Waals surface area (Å²) < 4.78 is 0. The van der Waals surface area contributed by atoms with E-state index in [9.17, 15) is 4.79 Å². The van der Waals surface area contributed by atoms with Crippen LogP contribution in [0.4, 0.5) is 0 Å². The van der Waals surface area contributed by atoms with Gasteiger partial charge in [0.25, 0.3) is 5.91 Å². The van der Waals surface area contributed by atoms with E-state index < -0.39 is 0 Å². The molecular formula is C20H21ClN2O. The van der Waals surface area contributed by atoms with Gasteiger partial charge in [-0.25, -0.2) is 0 Å². The maximum absolute atomic E-state index is 12.8. The maximum Gasteiger partial charge on any atom is 0.251 e. The summed E-state index contributed by atoms with van der Waals surface area (Å²) >= 11 is 6.11. The Morgan fingerprint density at radius 2 is 1.92 bits per heavy atom. The number of hydrogen-bond acceptors (Lipinski definition) is 2. The molecule has 1 N–H and O–H groups in total. The van der Waals surface area contributed by atoms with Crippen molar-refractivity contribution in [1.82, 2.24) is 10.2 Å². The molecule has 2 aliphatic rings. The highest BCUT2D eigenvalue weighted by atomic mass is 35.5. The van der Waals surface area contributed by atoms with Gasteiger partial charge in [-0.1, -0.05) is 41.9 Å². The molecule has 0 saturated carbocycles. The first-order chi connectivity index (χ1) is 11.7. The number of nitrogens with zero attached hydrogens (tertiary/aromatic N) is 1. The molecule has 2 aromatic rings. The Morgan fingerprint density at radius 3 is 2.62 bits per heavy atom. The third kappa shape index (κ3) is 2.94. The monoisotopic (exact) mass is 340 g/mol. The van der Waals surface area contributed by atoms with Gasteiger partial charge in [0.2, 0.25) is 0 Å². The Morgan fingerprint density at radius 1 is 1.12 bits per heavy atom. The van der Waals surface area contributed by atoms with Gasteiger partial charge in [-0.2, -0.15) is 0 Å². The highest BCUT2D eigenvalue weighted by Crippen LogP contribution is 2.39. The number of hydrogen-bond donors (Lipinski definition) is 1. The normalized spacial score (nSPS) is 25.0. The molecule has 2 heterocycles. The van der Waals surface area contributed by atoms with Crippen LogP contribution >= 0.6 is 11.6 Å². The summed E-state index contributed by atoms with van der Waals surface area (Å²) in [6.45, 7) is 4.25. The van der Waals surface area contributed by atoms with Crippen molar-refractivity contribution in [2.24, 2.45) is 5.41 Å². The number of nitrogens with one attached hydrogen (secondary N) is 1. The molecule has 2 aliphatic heterocycles. The molecule has 0 aromatic heterocycles. The Balaban J connectivity index is 1.54. The highest BCUT2D eigenvalue weighted by molar-refractivity contribution is 6.30. The summed E-state index contributed by atoms with van der Waals surface area (Å²) in [5.74, 6) is 0.00491. The van der Waals surface area contributed by atoms with E-state index >= 15 is 0 Å². The van der Waals surface area contributed by atoms with Gasteiger partial charge < -0.3 is 10.2 Å². The lowest BCUT2D eigenvalue weighted by Crippen LogP contribution is -2.37. The Bertz CT molecular complexity index is 766. The third-order valence-corrected chi connectivity index (χ3v) is 5.64. The number of rotatable bonds is 4.